The van der Waals surface area contributed by atoms with Crippen LogP contribution in [0.3, 0.4) is 0 Å². The molecule has 0 spiro atoms. The van der Waals surface area contributed by atoms with Crippen molar-refractivity contribution in [1.29, 1.82) is 0 Å². The van der Waals surface area contributed by atoms with Crippen molar-refractivity contribution in [2.24, 2.45) is 0 Å². The van der Waals surface area contributed by atoms with Gasteiger partial charge in [-0.25, -0.2) is 0 Å². The zero-order valence-electron chi connectivity index (χ0n) is 12.8. The fraction of sp³-hybridized carbons (Fsp3) is 0.167. The Kier molecular flexibility index (Phi) is 4.39. The lowest BCUT2D eigenvalue weighted by atomic mass is 10.0. The average molecular weight is 374 g/mol. The molecule has 0 bridgehead atoms. The monoisotopic (exact) mass is 373 g/mol. The number of aromatic hydroxyl groups is 1. The molecule has 4 nitrogen and oxygen atoms in total. The number of para-hydroxylation sites is 1. The van der Waals surface area contributed by atoms with E-state index in [1.54, 1.807) is 20.4 Å². The summed E-state index contributed by atoms with van der Waals surface area (Å²) in [6.45, 7) is 0. The van der Waals surface area contributed by atoms with Gasteiger partial charge in [-0.1, -0.05) is 28.1 Å². The lowest BCUT2D eigenvalue weighted by Crippen LogP contribution is -1.96. The molecule has 0 radical (unpaired) electrons. The van der Waals surface area contributed by atoms with Gasteiger partial charge in [0.15, 0.2) is 11.5 Å². The molecule has 23 heavy (non-hydrogen) atoms. The van der Waals surface area contributed by atoms with Crippen LogP contribution in [-0.2, 0) is 6.42 Å². The minimum atomic E-state index is 0.261. The predicted molar refractivity (Wildman–Crippen MR) is 93.5 cm³/mol. The number of nitrogens with zero attached hydrogens (tertiary/aromatic N) is 1. The van der Waals surface area contributed by atoms with Crippen LogP contribution in [0.4, 0.5) is 0 Å². The molecular formula is C18H16BrNO3. The highest BCUT2D eigenvalue weighted by molar-refractivity contribution is 9.10. The van der Waals surface area contributed by atoms with Gasteiger partial charge in [-0.15, -0.1) is 0 Å². The molecule has 1 N–H and O–H groups in total. The number of fused-ring (bicyclic) bond motifs is 1. The second-order valence-electron chi connectivity index (χ2n) is 5.12. The lowest BCUT2D eigenvalue weighted by molar-refractivity contribution is 0.354. The molecule has 3 rings (SSSR count). The van der Waals surface area contributed by atoms with Gasteiger partial charge in [0.2, 0.25) is 0 Å². The van der Waals surface area contributed by atoms with E-state index in [1.807, 2.05) is 36.4 Å². The number of hydrogen-bond acceptors (Lipinski definition) is 4. The van der Waals surface area contributed by atoms with Crippen molar-refractivity contribution >= 4 is 26.8 Å². The molecular weight excluding hydrogens is 358 g/mol. The highest BCUT2D eigenvalue weighted by Crippen LogP contribution is 2.36. The zero-order chi connectivity index (χ0) is 16.4. The van der Waals surface area contributed by atoms with Crippen LogP contribution in [-0.4, -0.2) is 24.3 Å². The number of aromatic nitrogens is 1. The summed E-state index contributed by atoms with van der Waals surface area (Å²) in [6, 6.07) is 11.3. The van der Waals surface area contributed by atoms with E-state index >= 15 is 0 Å². The third kappa shape index (κ3) is 2.97. The molecule has 0 aliphatic rings. The van der Waals surface area contributed by atoms with Crippen LogP contribution in [0.25, 0.3) is 10.9 Å². The maximum atomic E-state index is 10.5. The highest BCUT2D eigenvalue weighted by Gasteiger charge is 2.13. The Hall–Kier alpha value is -2.27. The van der Waals surface area contributed by atoms with E-state index in [9.17, 15) is 5.11 Å². The van der Waals surface area contributed by atoms with Gasteiger partial charge < -0.3 is 14.6 Å². The molecule has 1 heterocycles. The van der Waals surface area contributed by atoms with Crippen LogP contribution in [0.2, 0.25) is 0 Å². The quantitative estimate of drug-likeness (QED) is 0.740. The van der Waals surface area contributed by atoms with Gasteiger partial charge in [-0.2, -0.15) is 0 Å². The Labute approximate surface area is 142 Å². The van der Waals surface area contributed by atoms with Gasteiger partial charge in [0, 0.05) is 28.0 Å². The summed E-state index contributed by atoms with van der Waals surface area (Å²) in [4.78, 5) is 4.41. The van der Waals surface area contributed by atoms with E-state index in [0.29, 0.717) is 17.9 Å². The first-order valence-electron chi connectivity index (χ1n) is 7.10. The average Bonchev–Trinajstić information content (AvgIpc) is 2.58. The molecule has 0 unspecified atom stereocenters. The molecule has 0 amide bonds. The van der Waals surface area contributed by atoms with E-state index in [4.69, 9.17) is 9.47 Å². The first-order chi connectivity index (χ1) is 11.1. The molecule has 0 fully saturated rings. The molecule has 1 aromatic heterocycles. The van der Waals surface area contributed by atoms with Crippen molar-refractivity contribution in [1.82, 2.24) is 4.98 Å². The van der Waals surface area contributed by atoms with Crippen LogP contribution in [0.15, 0.2) is 47.1 Å². The molecule has 0 aliphatic heterocycles. The molecule has 5 heteroatoms. The van der Waals surface area contributed by atoms with Gasteiger partial charge in [0.25, 0.3) is 0 Å². The summed E-state index contributed by atoms with van der Waals surface area (Å²) in [5, 5.41) is 11.3. The molecule has 0 atom stereocenters. The molecule has 2 aromatic carbocycles. The summed E-state index contributed by atoms with van der Waals surface area (Å²) < 4.78 is 11.5. The molecule has 0 saturated carbocycles. The predicted octanol–water partition coefficient (Wildman–Crippen LogP) is 4.31. The maximum Gasteiger partial charge on any atom is 0.161 e. The minimum absolute atomic E-state index is 0.261. The van der Waals surface area contributed by atoms with E-state index in [1.165, 1.54) is 0 Å². The van der Waals surface area contributed by atoms with Gasteiger partial charge in [-0.3, -0.25) is 4.98 Å². The number of halogens is 1. The number of benzene rings is 2. The fourth-order valence-electron chi connectivity index (χ4n) is 2.53. The largest absolute Gasteiger partial charge is 0.507 e. The van der Waals surface area contributed by atoms with Crippen molar-refractivity contribution in [3.05, 3.63) is 58.2 Å². The number of methoxy groups -OCH3 is 2. The Morgan fingerprint density at radius 2 is 1.74 bits per heavy atom. The lowest BCUT2D eigenvalue weighted by Gasteiger charge is -2.13. The van der Waals surface area contributed by atoms with E-state index in [-0.39, 0.29) is 5.75 Å². The molecule has 3 aromatic rings. The van der Waals surface area contributed by atoms with Crippen molar-refractivity contribution in [2.75, 3.05) is 14.2 Å². The van der Waals surface area contributed by atoms with Gasteiger partial charge >= 0.3 is 0 Å². The van der Waals surface area contributed by atoms with Crippen molar-refractivity contribution in [3.8, 4) is 17.2 Å². The topological polar surface area (TPSA) is 51.6 Å². The number of ether oxygens (including phenoxy) is 2. The summed E-state index contributed by atoms with van der Waals surface area (Å²) in [5.74, 6) is 1.57. The Bertz CT molecular complexity index is 864. The van der Waals surface area contributed by atoms with Crippen LogP contribution in [0.1, 0.15) is 11.1 Å². The van der Waals surface area contributed by atoms with Gasteiger partial charge in [0.05, 0.1) is 19.7 Å². The maximum absolute atomic E-state index is 10.5. The molecule has 118 valence electrons. The Morgan fingerprint density at radius 1 is 1.04 bits per heavy atom. The number of pyridine rings is 1. The molecule has 0 saturated heterocycles. The van der Waals surface area contributed by atoms with Crippen molar-refractivity contribution < 1.29 is 14.6 Å². The summed E-state index contributed by atoms with van der Waals surface area (Å²) in [5.41, 5.74) is 2.52. The van der Waals surface area contributed by atoms with E-state index < -0.39 is 0 Å². The summed E-state index contributed by atoms with van der Waals surface area (Å²) in [7, 11) is 3.20. The van der Waals surface area contributed by atoms with Crippen molar-refractivity contribution in [3.63, 3.8) is 0 Å². The van der Waals surface area contributed by atoms with Crippen LogP contribution in [0.5, 0.6) is 17.2 Å². The fourth-order valence-corrected chi connectivity index (χ4v) is 3.00. The highest BCUT2D eigenvalue weighted by atomic mass is 79.9. The summed E-state index contributed by atoms with van der Waals surface area (Å²) in [6.07, 6.45) is 2.24. The van der Waals surface area contributed by atoms with Crippen LogP contribution in [0, 0.1) is 0 Å². The van der Waals surface area contributed by atoms with Gasteiger partial charge in [-0.05, 0) is 29.8 Å². The summed E-state index contributed by atoms with van der Waals surface area (Å²) >= 11 is 3.55. The Balaban J connectivity index is 2.04. The van der Waals surface area contributed by atoms with Crippen molar-refractivity contribution in [2.45, 2.75) is 6.42 Å². The van der Waals surface area contributed by atoms with Crippen LogP contribution >= 0.6 is 15.9 Å². The van der Waals surface area contributed by atoms with Gasteiger partial charge in [0.1, 0.15) is 5.75 Å². The number of rotatable bonds is 4. The standard InChI is InChI=1S/C18H16BrNO3/c1-22-16-8-11(14(19)9-17(16)23-2)7-12-10-20-15-6-4-3-5-13(15)18(12)21/h3-6,8-10H,7H2,1-2H3,(H,20,21). The third-order valence-electron chi connectivity index (χ3n) is 3.76. The second-order valence-corrected chi connectivity index (χ2v) is 5.98. The SMILES string of the molecule is COc1cc(Br)c(Cc2cnc3ccccc3c2O)cc1OC. The third-order valence-corrected chi connectivity index (χ3v) is 4.49. The minimum Gasteiger partial charge on any atom is -0.507 e. The normalized spacial score (nSPS) is 10.7. The number of hydrogen-bond donors (Lipinski definition) is 1. The smallest absolute Gasteiger partial charge is 0.161 e. The zero-order valence-corrected chi connectivity index (χ0v) is 14.4. The second kappa shape index (κ2) is 6.46. The van der Waals surface area contributed by atoms with E-state index in [2.05, 4.69) is 20.9 Å². The first kappa shape index (κ1) is 15.6. The first-order valence-corrected chi connectivity index (χ1v) is 7.89. The van der Waals surface area contributed by atoms with E-state index in [0.717, 1.165) is 26.5 Å². The Morgan fingerprint density at radius 3 is 2.48 bits per heavy atom. The van der Waals surface area contributed by atoms with Crippen LogP contribution < -0.4 is 9.47 Å². The molecule has 0 aliphatic carbocycles.